The van der Waals surface area contributed by atoms with Gasteiger partial charge in [-0.2, -0.15) is 13.2 Å². The molecule has 0 bridgehead atoms. The van der Waals surface area contributed by atoms with Gasteiger partial charge in [-0.25, -0.2) is 0 Å². The van der Waals surface area contributed by atoms with Crippen LogP contribution in [0.1, 0.15) is 51.4 Å². The lowest BCUT2D eigenvalue weighted by Gasteiger charge is -2.35. The maximum atomic E-state index is 12.5. The summed E-state index contributed by atoms with van der Waals surface area (Å²) in [6, 6.07) is 1.07. The Hall–Kier alpha value is -0.290. The van der Waals surface area contributed by atoms with Gasteiger partial charge in [-0.15, -0.1) is 0 Å². The number of nitrogens with two attached hydrogens (primary N) is 1. The largest absolute Gasteiger partial charge is 0.391 e. The summed E-state index contributed by atoms with van der Waals surface area (Å²) in [7, 11) is 0. The molecule has 2 aliphatic carbocycles. The summed E-state index contributed by atoms with van der Waals surface area (Å²) in [5, 5.41) is 3.53. The van der Waals surface area contributed by atoms with E-state index in [1.807, 2.05) is 0 Å². The van der Waals surface area contributed by atoms with E-state index < -0.39 is 12.1 Å². The molecule has 0 aliphatic heterocycles. The zero-order valence-electron chi connectivity index (χ0n) is 10.7. The minimum atomic E-state index is -4.00. The van der Waals surface area contributed by atoms with Crippen molar-refractivity contribution < 1.29 is 13.2 Å². The van der Waals surface area contributed by atoms with Gasteiger partial charge in [-0.05, 0) is 51.4 Å². The molecule has 5 heteroatoms. The average Bonchev–Trinajstić information content (AvgIpc) is 2.32. The van der Waals surface area contributed by atoms with Gasteiger partial charge in [0, 0.05) is 18.1 Å². The highest BCUT2D eigenvalue weighted by Crippen LogP contribution is 2.37. The Balaban J connectivity index is 1.70. The van der Waals surface area contributed by atoms with Gasteiger partial charge in [0.15, 0.2) is 0 Å². The zero-order valence-corrected chi connectivity index (χ0v) is 10.7. The monoisotopic (exact) mass is 264 g/mol. The number of hydrogen-bond donors (Lipinski definition) is 2. The second kappa shape index (κ2) is 5.78. The molecule has 0 heterocycles. The first-order chi connectivity index (χ1) is 8.45. The SMILES string of the molecule is NC1CCC(NC2CCC(C(F)(F)F)CC2)CC1. The number of halogens is 3. The number of hydrogen-bond acceptors (Lipinski definition) is 2. The van der Waals surface area contributed by atoms with Crippen LogP contribution in [0.2, 0.25) is 0 Å². The highest BCUT2D eigenvalue weighted by atomic mass is 19.4. The van der Waals surface area contributed by atoms with E-state index in [4.69, 9.17) is 5.73 Å². The van der Waals surface area contributed by atoms with Crippen LogP contribution in [-0.4, -0.2) is 24.3 Å². The maximum absolute atomic E-state index is 12.5. The van der Waals surface area contributed by atoms with Gasteiger partial charge in [-0.1, -0.05) is 0 Å². The number of alkyl halides is 3. The molecule has 2 saturated carbocycles. The molecule has 0 aromatic heterocycles. The molecule has 0 radical (unpaired) electrons. The van der Waals surface area contributed by atoms with E-state index in [9.17, 15) is 13.2 Å². The third kappa shape index (κ3) is 3.85. The van der Waals surface area contributed by atoms with Gasteiger partial charge in [0.2, 0.25) is 0 Å². The van der Waals surface area contributed by atoms with Gasteiger partial charge in [0.1, 0.15) is 0 Å². The Morgan fingerprint density at radius 3 is 1.67 bits per heavy atom. The topological polar surface area (TPSA) is 38.0 Å². The predicted octanol–water partition coefficient (Wildman–Crippen LogP) is 2.97. The standard InChI is InChI=1S/C13H23F3N2/c14-13(15,16)9-1-5-11(6-2-9)18-12-7-3-10(17)4-8-12/h9-12,18H,1-8,17H2. The van der Waals surface area contributed by atoms with Gasteiger partial charge in [-0.3, -0.25) is 0 Å². The van der Waals surface area contributed by atoms with E-state index in [0.717, 1.165) is 25.7 Å². The third-order valence-electron chi connectivity index (χ3n) is 4.43. The Morgan fingerprint density at radius 2 is 1.22 bits per heavy atom. The fourth-order valence-electron chi connectivity index (χ4n) is 3.21. The molecular weight excluding hydrogens is 241 g/mol. The minimum Gasteiger partial charge on any atom is -0.328 e. The molecule has 0 aromatic carbocycles. The predicted molar refractivity (Wildman–Crippen MR) is 65.2 cm³/mol. The Kier molecular flexibility index (Phi) is 4.54. The van der Waals surface area contributed by atoms with E-state index in [1.54, 1.807) is 0 Å². The van der Waals surface area contributed by atoms with Crippen molar-refractivity contribution in [3.8, 4) is 0 Å². The second-order valence-electron chi connectivity index (χ2n) is 5.87. The summed E-state index contributed by atoms with van der Waals surface area (Å²) in [6.45, 7) is 0. The molecule has 0 unspecified atom stereocenters. The molecule has 0 spiro atoms. The van der Waals surface area contributed by atoms with Crippen molar-refractivity contribution in [2.45, 2.75) is 75.7 Å². The van der Waals surface area contributed by atoms with E-state index >= 15 is 0 Å². The normalized spacial score (nSPS) is 38.7. The second-order valence-corrected chi connectivity index (χ2v) is 5.87. The number of rotatable bonds is 2. The average molecular weight is 264 g/mol. The summed E-state index contributed by atoms with van der Waals surface area (Å²) in [5.74, 6) is -1.07. The molecule has 18 heavy (non-hydrogen) atoms. The van der Waals surface area contributed by atoms with Crippen molar-refractivity contribution in [2.75, 3.05) is 0 Å². The zero-order chi connectivity index (χ0) is 13.2. The Morgan fingerprint density at radius 1 is 0.778 bits per heavy atom. The minimum absolute atomic E-state index is 0.280. The lowest BCUT2D eigenvalue weighted by Crippen LogP contribution is -2.45. The highest BCUT2D eigenvalue weighted by Gasteiger charge is 2.41. The molecule has 2 aliphatic rings. The van der Waals surface area contributed by atoms with Gasteiger partial charge in [0.25, 0.3) is 0 Å². The highest BCUT2D eigenvalue weighted by molar-refractivity contribution is 4.85. The van der Waals surface area contributed by atoms with E-state index in [2.05, 4.69) is 5.32 Å². The Labute approximate surface area is 106 Å². The van der Waals surface area contributed by atoms with Crippen molar-refractivity contribution in [3.05, 3.63) is 0 Å². The van der Waals surface area contributed by atoms with Crippen LogP contribution in [0.4, 0.5) is 13.2 Å². The summed E-state index contributed by atoms with van der Waals surface area (Å²) in [6.07, 6.45) is 2.11. The molecule has 106 valence electrons. The molecule has 2 fully saturated rings. The van der Waals surface area contributed by atoms with Crippen LogP contribution in [0.25, 0.3) is 0 Å². The lowest BCUT2D eigenvalue weighted by atomic mass is 9.84. The van der Waals surface area contributed by atoms with E-state index in [-0.39, 0.29) is 18.9 Å². The van der Waals surface area contributed by atoms with Crippen molar-refractivity contribution in [3.63, 3.8) is 0 Å². The molecular formula is C13H23F3N2. The first-order valence-corrected chi connectivity index (χ1v) is 7.03. The van der Waals surface area contributed by atoms with Crippen LogP contribution < -0.4 is 11.1 Å². The van der Waals surface area contributed by atoms with Gasteiger partial charge in [0.05, 0.1) is 5.92 Å². The number of nitrogens with one attached hydrogen (secondary N) is 1. The summed E-state index contributed by atoms with van der Waals surface area (Å²) < 4.78 is 37.6. The van der Waals surface area contributed by atoms with Crippen molar-refractivity contribution in [2.24, 2.45) is 11.7 Å². The first kappa shape index (κ1) is 14.1. The van der Waals surface area contributed by atoms with Crippen LogP contribution in [0, 0.1) is 5.92 Å². The summed E-state index contributed by atoms with van der Waals surface area (Å²) in [4.78, 5) is 0. The molecule has 0 aromatic rings. The van der Waals surface area contributed by atoms with Crippen molar-refractivity contribution in [1.29, 1.82) is 0 Å². The molecule has 0 saturated heterocycles. The van der Waals surface area contributed by atoms with E-state index in [1.165, 1.54) is 0 Å². The molecule has 0 amide bonds. The van der Waals surface area contributed by atoms with Crippen LogP contribution in [0.3, 0.4) is 0 Å². The first-order valence-electron chi connectivity index (χ1n) is 7.03. The van der Waals surface area contributed by atoms with Gasteiger partial charge < -0.3 is 11.1 Å². The lowest BCUT2D eigenvalue weighted by molar-refractivity contribution is -0.182. The van der Waals surface area contributed by atoms with Crippen LogP contribution in [-0.2, 0) is 0 Å². The van der Waals surface area contributed by atoms with Crippen LogP contribution in [0.15, 0.2) is 0 Å². The summed E-state index contributed by atoms with van der Waals surface area (Å²) >= 11 is 0. The summed E-state index contributed by atoms with van der Waals surface area (Å²) in [5.41, 5.74) is 5.84. The molecule has 2 rings (SSSR count). The van der Waals surface area contributed by atoms with Crippen LogP contribution in [0.5, 0.6) is 0 Å². The molecule has 2 nitrogen and oxygen atoms in total. The van der Waals surface area contributed by atoms with Gasteiger partial charge >= 0.3 is 6.18 Å². The molecule has 3 N–H and O–H groups in total. The fourth-order valence-corrected chi connectivity index (χ4v) is 3.21. The van der Waals surface area contributed by atoms with E-state index in [0.29, 0.717) is 24.9 Å². The van der Waals surface area contributed by atoms with Crippen LogP contribution >= 0.6 is 0 Å². The quantitative estimate of drug-likeness (QED) is 0.804. The Bertz CT molecular complexity index is 251. The van der Waals surface area contributed by atoms with Crippen molar-refractivity contribution >= 4 is 0 Å². The fraction of sp³-hybridized carbons (Fsp3) is 1.00. The maximum Gasteiger partial charge on any atom is 0.391 e. The third-order valence-corrected chi connectivity index (χ3v) is 4.43. The molecule has 0 atom stereocenters. The smallest absolute Gasteiger partial charge is 0.328 e. The van der Waals surface area contributed by atoms with Crippen molar-refractivity contribution in [1.82, 2.24) is 5.32 Å².